The Morgan fingerprint density at radius 2 is 1.93 bits per heavy atom. The Balaban J connectivity index is 1.90. The van der Waals surface area contributed by atoms with Gasteiger partial charge in [-0.15, -0.1) is 0 Å². The van der Waals surface area contributed by atoms with E-state index in [4.69, 9.17) is 4.84 Å². The molecule has 0 aliphatic carbocycles. The smallest absolute Gasteiger partial charge is 0.358 e. The van der Waals surface area contributed by atoms with Crippen LogP contribution in [0, 0.1) is 24.0 Å². The summed E-state index contributed by atoms with van der Waals surface area (Å²) in [5.74, 6) is -0.391. The van der Waals surface area contributed by atoms with E-state index in [0.29, 0.717) is 22.7 Å². The molecule has 0 radical (unpaired) electrons. The van der Waals surface area contributed by atoms with Gasteiger partial charge >= 0.3 is 11.8 Å². The minimum atomic E-state index is -0.586. The lowest BCUT2D eigenvalue weighted by atomic mass is 10.1. The van der Waals surface area contributed by atoms with Crippen LogP contribution < -0.4 is 0 Å². The van der Waals surface area contributed by atoms with E-state index in [9.17, 15) is 14.9 Å². The lowest BCUT2D eigenvalue weighted by Gasteiger charge is -2.08. The molecule has 148 valence electrons. The summed E-state index contributed by atoms with van der Waals surface area (Å²) >= 11 is 3.38. The lowest BCUT2D eigenvalue weighted by Crippen LogP contribution is -2.14. The fourth-order valence-corrected chi connectivity index (χ4v) is 2.90. The largest absolute Gasteiger partial charge is 0.381 e. The van der Waals surface area contributed by atoms with Crippen LogP contribution in [0.3, 0.4) is 0 Å². The van der Waals surface area contributed by atoms with Crippen molar-refractivity contribution >= 4 is 33.4 Å². The molecule has 0 bridgehead atoms. The van der Waals surface area contributed by atoms with Crippen molar-refractivity contribution in [2.45, 2.75) is 20.4 Å². The van der Waals surface area contributed by atoms with Gasteiger partial charge in [0.2, 0.25) is 5.82 Å². The number of halogens is 1. The number of oxime groups is 1. The van der Waals surface area contributed by atoms with E-state index in [1.165, 1.54) is 6.20 Å². The normalized spacial score (nSPS) is 11.3. The van der Waals surface area contributed by atoms with Gasteiger partial charge in [-0.3, -0.25) is 0 Å². The van der Waals surface area contributed by atoms with Crippen LogP contribution in [0.5, 0.6) is 0 Å². The summed E-state index contributed by atoms with van der Waals surface area (Å²) in [4.78, 5) is 31.9. The van der Waals surface area contributed by atoms with Crippen LogP contribution in [0.4, 0.5) is 5.82 Å². The molecule has 0 N–H and O–H groups in total. The first-order valence-corrected chi connectivity index (χ1v) is 9.42. The van der Waals surface area contributed by atoms with Crippen LogP contribution >= 0.6 is 15.9 Å². The lowest BCUT2D eigenvalue weighted by molar-refractivity contribution is -0.389. The number of imidazole rings is 1. The van der Waals surface area contributed by atoms with E-state index in [-0.39, 0.29) is 12.4 Å². The molecule has 0 saturated heterocycles. The second kappa shape index (κ2) is 8.78. The molecule has 3 aromatic rings. The number of aromatic nitrogens is 2. The van der Waals surface area contributed by atoms with Gasteiger partial charge in [-0.1, -0.05) is 50.9 Å². The molecule has 1 heterocycles. The van der Waals surface area contributed by atoms with E-state index in [1.807, 2.05) is 37.3 Å². The van der Waals surface area contributed by atoms with Crippen molar-refractivity contribution in [1.82, 2.24) is 9.55 Å². The van der Waals surface area contributed by atoms with Crippen LogP contribution in [-0.4, -0.2) is 26.2 Å². The van der Waals surface area contributed by atoms with Crippen molar-refractivity contribution in [2.24, 2.45) is 5.16 Å². The molecule has 3 rings (SSSR count). The first-order chi connectivity index (χ1) is 13.8. The molecule has 0 aliphatic heterocycles. The fourth-order valence-electron chi connectivity index (χ4n) is 2.64. The Morgan fingerprint density at radius 3 is 2.55 bits per heavy atom. The van der Waals surface area contributed by atoms with E-state index < -0.39 is 10.9 Å². The number of hydrogen-bond donors (Lipinski definition) is 0. The summed E-state index contributed by atoms with van der Waals surface area (Å²) in [5, 5.41) is 15.0. The van der Waals surface area contributed by atoms with Gasteiger partial charge in [0.05, 0.1) is 12.1 Å². The zero-order chi connectivity index (χ0) is 21.0. The Kier molecular flexibility index (Phi) is 6.18. The molecular formula is C20H17BrN4O4. The van der Waals surface area contributed by atoms with Crippen molar-refractivity contribution in [3.05, 3.63) is 91.8 Å². The monoisotopic (exact) mass is 456 g/mol. The average Bonchev–Trinajstić information content (AvgIpc) is 3.06. The third-order valence-corrected chi connectivity index (χ3v) is 4.67. The summed E-state index contributed by atoms with van der Waals surface area (Å²) in [6, 6.07) is 14.3. The highest BCUT2D eigenvalue weighted by atomic mass is 79.9. The van der Waals surface area contributed by atoms with Gasteiger partial charge in [0, 0.05) is 17.0 Å². The molecule has 0 saturated carbocycles. The number of nitro groups is 1. The Labute approximate surface area is 175 Å². The minimum Gasteiger partial charge on any atom is -0.358 e. The van der Waals surface area contributed by atoms with E-state index in [1.54, 1.807) is 29.7 Å². The van der Waals surface area contributed by atoms with E-state index >= 15 is 0 Å². The number of rotatable bonds is 6. The van der Waals surface area contributed by atoms with E-state index in [2.05, 4.69) is 26.1 Å². The predicted molar refractivity (Wildman–Crippen MR) is 111 cm³/mol. The van der Waals surface area contributed by atoms with Gasteiger partial charge in [0.1, 0.15) is 11.9 Å². The summed E-state index contributed by atoms with van der Waals surface area (Å²) in [7, 11) is 0. The number of aryl methyl sites for hydroxylation is 2. The summed E-state index contributed by atoms with van der Waals surface area (Å²) in [6.07, 6.45) is 1.33. The van der Waals surface area contributed by atoms with Crippen LogP contribution in [0.25, 0.3) is 0 Å². The molecule has 0 unspecified atom stereocenters. The molecule has 0 atom stereocenters. The Morgan fingerprint density at radius 1 is 1.21 bits per heavy atom. The SMILES string of the molecule is Cc1cccc(C(=O)O/N=C(/Cn2cc([N+](=O)[O-])nc2C)c2ccc(Br)cc2)c1. The molecule has 2 aromatic carbocycles. The summed E-state index contributed by atoms with van der Waals surface area (Å²) in [5.41, 5.74) is 2.45. The zero-order valence-corrected chi connectivity index (χ0v) is 17.3. The Bertz CT molecular complexity index is 1090. The Hall–Kier alpha value is -3.33. The third-order valence-electron chi connectivity index (χ3n) is 4.14. The molecule has 8 nitrogen and oxygen atoms in total. The number of hydrogen-bond acceptors (Lipinski definition) is 6. The quantitative estimate of drug-likeness (QED) is 0.236. The summed E-state index contributed by atoms with van der Waals surface area (Å²) < 4.78 is 2.46. The van der Waals surface area contributed by atoms with Gasteiger partial charge in [-0.05, 0) is 41.1 Å². The van der Waals surface area contributed by atoms with Gasteiger partial charge in [0.25, 0.3) is 0 Å². The molecule has 29 heavy (non-hydrogen) atoms. The molecular weight excluding hydrogens is 440 g/mol. The number of carbonyl (C=O) groups is 1. The topological polar surface area (TPSA) is 99.6 Å². The first-order valence-electron chi connectivity index (χ1n) is 8.62. The van der Waals surface area contributed by atoms with Crippen LogP contribution in [-0.2, 0) is 11.4 Å². The van der Waals surface area contributed by atoms with E-state index in [0.717, 1.165) is 10.0 Å². The molecule has 9 heteroatoms. The maximum atomic E-state index is 12.4. The second-order valence-electron chi connectivity index (χ2n) is 6.32. The third kappa shape index (κ3) is 5.14. The van der Waals surface area contributed by atoms with Gasteiger partial charge in [-0.25, -0.2) is 4.79 Å². The highest BCUT2D eigenvalue weighted by Gasteiger charge is 2.18. The predicted octanol–water partition coefficient (Wildman–Crippen LogP) is 4.43. The standard InChI is InChI=1S/C20H17BrN4O4/c1-13-4-3-5-16(10-13)20(26)29-23-18(15-6-8-17(21)9-7-15)11-24-12-19(25(27)28)22-14(24)2/h3-10,12H,11H2,1-2H3/b23-18-. The maximum Gasteiger partial charge on any atom is 0.381 e. The van der Waals surface area contributed by atoms with Gasteiger partial charge in [-0.2, -0.15) is 0 Å². The highest BCUT2D eigenvalue weighted by molar-refractivity contribution is 9.10. The molecule has 1 aromatic heterocycles. The number of benzene rings is 2. The van der Waals surface area contributed by atoms with Crippen molar-refractivity contribution in [2.75, 3.05) is 0 Å². The second-order valence-corrected chi connectivity index (χ2v) is 7.24. The molecule has 0 amide bonds. The van der Waals surface area contributed by atoms with Crippen molar-refractivity contribution in [3.8, 4) is 0 Å². The number of carbonyl (C=O) groups excluding carboxylic acids is 1. The zero-order valence-electron chi connectivity index (χ0n) is 15.7. The summed E-state index contributed by atoms with van der Waals surface area (Å²) in [6.45, 7) is 3.68. The minimum absolute atomic E-state index is 0.148. The fraction of sp³-hybridized carbons (Fsp3) is 0.150. The van der Waals surface area contributed by atoms with Crippen molar-refractivity contribution < 1.29 is 14.6 Å². The molecule has 0 spiro atoms. The number of nitrogens with zero attached hydrogens (tertiary/aromatic N) is 4. The maximum absolute atomic E-state index is 12.4. The molecule has 0 fully saturated rings. The average molecular weight is 457 g/mol. The first kappa shape index (κ1) is 20.4. The van der Waals surface area contributed by atoms with Gasteiger partial charge < -0.3 is 19.5 Å². The van der Waals surface area contributed by atoms with Crippen molar-refractivity contribution in [1.29, 1.82) is 0 Å². The van der Waals surface area contributed by atoms with Gasteiger partial charge in [0.15, 0.2) is 0 Å². The van der Waals surface area contributed by atoms with Crippen LogP contribution in [0.15, 0.2) is 64.4 Å². The van der Waals surface area contributed by atoms with Crippen LogP contribution in [0.2, 0.25) is 0 Å². The molecule has 0 aliphatic rings. The highest BCUT2D eigenvalue weighted by Crippen LogP contribution is 2.16. The van der Waals surface area contributed by atoms with Crippen molar-refractivity contribution in [3.63, 3.8) is 0 Å². The van der Waals surface area contributed by atoms with Crippen LogP contribution in [0.1, 0.15) is 27.3 Å².